The van der Waals surface area contributed by atoms with Crippen LogP contribution in [-0.4, -0.2) is 48.3 Å². The number of nitrogens with two attached hydrogens (primary N) is 1. The SMILES string of the molecule is COc1ccc(C[C@@H](NC(=O)[C@@H](NC(=O)OCc2ccccc2)[C@@H](C)O)C(N)=O)cc1. The molecule has 2 rings (SSSR count). The Bertz CT molecular complexity index is 871. The van der Waals surface area contributed by atoms with Crippen molar-refractivity contribution in [2.75, 3.05) is 7.11 Å². The van der Waals surface area contributed by atoms with E-state index in [2.05, 4.69) is 10.6 Å². The summed E-state index contributed by atoms with van der Waals surface area (Å²) < 4.78 is 10.2. The van der Waals surface area contributed by atoms with Gasteiger partial charge in [0.05, 0.1) is 13.2 Å². The van der Waals surface area contributed by atoms with Gasteiger partial charge in [0.15, 0.2) is 0 Å². The van der Waals surface area contributed by atoms with Crippen molar-refractivity contribution in [3.8, 4) is 5.75 Å². The van der Waals surface area contributed by atoms with Crippen molar-refractivity contribution in [3.05, 3.63) is 65.7 Å². The zero-order valence-electron chi connectivity index (χ0n) is 17.4. The number of carbonyl (C=O) groups excluding carboxylic acids is 3. The number of nitrogens with one attached hydrogen (secondary N) is 2. The highest BCUT2D eigenvalue weighted by molar-refractivity contribution is 5.91. The minimum Gasteiger partial charge on any atom is -0.497 e. The third-order valence-electron chi connectivity index (χ3n) is 4.51. The van der Waals surface area contributed by atoms with E-state index in [4.69, 9.17) is 15.2 Å². The van der Waals surface area contributed by atoms with E-state index in [1.807, 2.05) is 6.07 Å². The highest BCUT2D eigenvalue weighted by atomic mass is 16.5. The summed E-state index contributed by atoms with van der Waals surface area (Å²) in [5, 5.41) is 14.8. The lowest BCUT2D eigenvalue weighted by Crippen LogP contribution is -2.57. The first-order chi connectivity index (χ1) is 14.8. The van der Waals surface area contributed by atoms with Gasteiger partial charge in [-0.2, -0.15) is 0 Å². The van der Waals surface area contributed by atoms with Crippen LogP contribution in [0, 0.1) is 0 Å². The van der Waals surface area contributed by atoms with Crippen LogP contribution in [0.2, 0.25) is 0 Å². The van der Waals surface area contributed by atoms with Crippen LogP contribution < -0.4 is 21.1 Å². The van der Waals surface area contributed by atoms with E-state index in [0.717, 1.165) is 11.1 Å². The van der Waals surface area contributed by atoms with Gasteiger partial charge < -0.3 is 30.9 Å². The fourth-order valence-corrected chi connectivity index (χ4v) is 2.78. The molecular weight excluding hydrogens is 402 g/mol. The molecule has 9 nitrogen and oxygen atoms in total. The lowest BCUT2D eigenvalue weighted by atomic mass is 10.0. The maximum atomic E-state index is 12.6. The van der Waals surface area contributed by atoms with Crippen LogP contribution in [0.4, 0.5) is 4.79 Å². The number of primary amides is 1. The standard InChI is InChI=1S/C22H27N3O6/c1-14(26)19(25-22(29)31-13-16-6-4-3-5-7-16)21(28)24-18(20(23)27)12-15-8-10-17(30-2)11-9-15/h3-11,14,18-19,26H,12-13H2,1-2H3,(H2,23,27)(H,24,28)(H,25,29)/t14-,18-,19+/m1/s1. The predicted octanol–water partition coefficient (Wildman–Crippen LogP) is 0.884. The van der Waals surface area contributed by atoms with E-state index in [9.17, 15) is 19.5 Å². The molecule has 166 valence electrons. The van der Waals surface area contributed by atoms with Crippen LogP contribution in [0.25, 0.3) is 0 Å². The first-order valence-corrected chi connectivity index (χ1v) is 9.68. The predicted molar refractivity (Wildman–Crippen MR) is 113 cm³/mol. The molecule has 2 aromatic carbocycles. The van der Waals surface area contributed by atoms with Crippen molar-refractivity contribution in [2.24, 2.45) is 5.73 Å². The van der Waals surface area contributed by atoms with Crippen LogP contribution in [-0.2, 0) is 27.4 Å². The summed E-state index contributed by atoms with van der Waals surface area (Å²) in [7, 11) is 1.54. The van der Waals surface area contributed by atoms with Gasteiger partial charge >= 0.3 is 6.09 Å². The van der Waals surface area contributed by atoms with Crippen molar-refractivity contribution < 1.29 is 29.0 Å². The maximum Gasteiger partial charge on any atom is 0.408 e. The number of hydrogen-bond acceptors (Lipinski definition) is 6. The van der Waals surface area contributed by atoms with Gasteiger partial charge in [-0.25, -0.2) is 4.79 Å². The summed E-state index contributed by atoms with van der Waals surface area (Å²) in [4.78, 5) is 36.6. The van der Waals surface area contributed by atoms with E-state index in [-0.39, 0.29) is 13.0 Å². The summed E-state index contributed by atoms with van der Waals surface area (Å²) in [5.41, 5.74) is 6.94. The number of hydrogen-bond donors (Lipinski definition) is 4. The lowest BCUT2D eigenvalue weighted by Gasteiger charge is -2.23. The molecule has 0 saturated carbocycles. The number of rotatable bonds is 10. The van der Waals surface area contributed by atoms with Crippen LogP contribution in [0.15, 0.2) is 54.6 Å². The Morgan fingerprint density at radius 1 is 1.00 bits per heavy atom. The van der Waals surface area contributed by atoms with Crippen LogP contribution in [0.5, 0.6) is 5.75 Å². The normalized spacial score (nSPS) is 13.4. The molecule has 0 heterocycles. The number of amides is 3. The largest absolute Gasteiger partial charge is 0.497 e. The third kappa shape index (κ3) is 7.63. The number of ether oxygens (including phenoxy) is 2. The first-order valence-electron chi connectivity index (χ1n) is 9.68. The molecular formula is C22H27N3O6. The highest BCUT2D eigenvalue weighted by Crippen LogP contribution is 2.13. The number of aliphatic hydroxyl groups is 1. The second kappa shape index (κ2) is 11.6. The highest BCUT2D eigenvalue weighted by Gasteiger charge is 2.29. The Morgan fingerprint density at radius 3 is 2.19 bits per heavy atom. The Kier molecular flexibility index (Phi) is 8.83. The van der Waals surface area contributed by atoms with E-state index < -0.39 is 36.1 Å². The molecule has 0 aliphatic rings. The smallest absolute Gasteiger partial charge is 0.408 e. The quantitative estimate of drug-likeness (QED) is 0.442. The monoisotopic (exact) mass is 429 g/mol. The minimum atomic E-state index is -1.33. The van der Waals surface area contributed by atoms with Gasteiger partial charge in [0.2, 0.25) is 11.8 Å². The van der Waals surface area contributed by atoms with Gasteiger partial charge in [0.1, 0.15) is 24.4 Å². The molecule has 0 fully saturated rings. The molecule has 5 N–H and O–H groups in total. The minimum absolute atomic E-state index is 0.00218. The zero-order chi connectivity index (χ0) is 22.8. The second-order valence-electron chi connectivity index (χ2n) is 6.94. The summed E-state index contributed by atoms with van der Waals surface area (Å²) in [5.74, 6) is -0.861. The third-order valence-corrected chi connectivity index (χ3v) is 4.51. The summed E-state index contributed by atoms with van der Waals surface area (Å²) in [6.07, 6.45) is -1.98. The van der Waals surface area contributed by atoms with Gasteiger partial charge in [0.25, 0.3) is 0 Å². The number of aliphatic hydroxyl groups excluding tert-OH is 1. The molecule has 0 aromatic heterocycles. The molecule has 31 heavy (non-hydrogen) atoms. The molecule has 2 aromatic rings. The summed E-state index contributed by atoms with van der Waals surface area (Å²) >= 11 is 0. The fraction of sp³-hybridized carbons (Fsp3) is 0.318. The summed E-state index contributed by atoms with van der Waals surface area (Å²) in [6.45, 7) is 1.34. The van der Waals surface area contributed by atoms with Crippen LogP contribution >= 0.6 is 0 Å². The molecule has 0 unspecified atom stereocenters. The van der Waals surface area contributed by atoms with Gasteiger partial charge in [-0.3, -0.25) is 9.59 Å². The van der Waals surface area contributed by atoms with E-state index >= 15 is 0 Å². The maximum absolute atomic E-state index is 12.6. The van der Waals surface area contributed by atoms with Crippen molar-refractivity contribution in [2.45, 2.75) is 38.1 Å². The lowest BCUT2D eigenvalue weighted by molar-refractivity contribution is -0.130. The zero-order valence-corrected chi connectivity index (χ0v) is 17.4. The molecule has 3 atom stereocenters. The average Bonchev–Trinajstić information content (AvgIpc) is 2.76. The average molecular weight is 429 g/mol. The van der Waals surface area contributed by atoms with Gasteiger partial charge in [-0.05, 0) is 30.2 Å². The Labute approximate surface area is 180 Å². The van der Waals surface area contributed by atoms with Crippen LogP contribution in [0.1, 0.15) is 18.1 Å². The first kappa shape index (κ1) is 23.7. The Morgan fingerprint density at radius 2 is 1.65 bits per heavy atom. The van der Waals surface area contributed by atoms with Crippen molar-refractivity contribution in [1.82, 2.24) is 10.6 Å². The van der Waals surface area contributed by atoms with E-state index in [1.54, 1.807) is 48.5 Å². The molecule has 0 radical (unpaired) electrons. The van der Waals surface area contributed by atoms with Crippen molar-refractivity contribution >= 4 is 17.9 Å². The molecule has 0 aliphatic carbocycles. The Hall–Kier alpha value is -3.59. The van der Waals surface area contributed by atoms with Crippen molar-refractivity contribution in [1.29, 1.82) is 0 Å². The molecule has 0 aliphatic heterocycles. The molecule has 0 saturated heterocycles. The topological polar surface area (TPSA) is 140 Å². The Balaban J connectivity index is 1.97. The van der Waals surface area contributed by atoms with Gasteiger partial charge in [-0.15, -0.1) is 0 Å². The number of benzene rings is 2. The van der Waals surface area contributed by atoms with Crippen LogP contribution in [0.3, 0.4) is 0 Å². The van der Waals surface area contributed by atoms with Gasteiger partial charge in [0, 0.05) is 6.42 Å². The summed E-state index contributed by atoms with van der Waals surface area (Å²) in [6, 6.07) is 13.6. The van der Waals surface area contributed by atoms with Gasteiger partial charge in [-0.1, -0.05) is 42.5 Å². The number of carbonyl (C=O) groups is 3. The number of methoxy groups -OCH3 is 1. The number of alkyl carbamates (subject to hydrolysis) is 1. The van der Waals surface area contributed by atoms with Crippen molar-refractivity contribution in [3.63, 3.8) is 0 Å². The molecule has 0 spiro atoms. The molecule has 0 bridgehead atoms. The molecule has 9 heteroatoms. The van der Waals surface area contributed by atoms with E-state index in [0.29, 0.717) is 5.75 Å². The fourth-order valence-electron chi connectivity index (χ4n) is 2.78. The molecule has 3 amide bonds. The second-order valence-corrected chi connectivity index (χ2v) is 6.94. The van der Waals surface area contributed by atoms with E-state index in [1.165, 1.54) is 14.0 Å².